The number of amides is 1. The fourth-order valence-electron chi connectivity index (χ4n) is 2.58. The van der Waals surface area contributed by atoms with Crippen molar-refractivity contribution in [2.24, 2.45) is 0 Å². The van der Waals surface area contributed by atoms with Crippen molar-refractivity contribution >= 4 is 18.3 Å². The molecule has 2 rings (SSSR count). The Balaban J connectivity index is 0.00000242. The molecule has 1 saturated heterocycles. The summed E-state index contributed by atoms with van der Waals surface area (Å²) in [6.07, 6.45) is 0. The van der Waals surface area contributed by atoms with Gasteiger partial charge in [-0.3, -0.25) is 9.69 Å². The average molecular weight is 330 g/mol. The molecule has 1 aromatic carbocycles. The SMILES string of the molecule is CC(c1ccc(F)cc1)N(C)C(=O)CN1CCNC[C@H]1C.Cl. The van der Waals surface area contributed by atoms with E-state index in [2.05, 4.69) is 17.1 Å². The van der Waals surface area contributed by atoms with E-state index >= 15 is 0 Å². The second-order valence-corrected chi connectivity index (χ2v) is 5.76. The number of hydrogen-bond acceptors (Lipinski definition) is 3. The summed E-state index contributed by atoms with van der Waals surface area (Å²) in [4.78, 5) is 16.4. The van der Waals surface area contributed by atoms with Gasteiger partial charge in [-0.15, -0.1) is 12.4 Å². The van der Waals surface area contributed by atoms with Crippen LogP contribution in [0.25, 0.3) is 0 Å². The standard InChI is InChI=1S/C16H24FN3O.ClH/c1-12-10-18-8-9-20(12)11-16(21)19(3)13(2)14-4-6-15(17)7-5-14;/h4-7,12-13,18H,8-11H2,1-3H3;1H/t12-,13?;/m1./s1. The van der Waals surface area contributed by atoms with Crippen molar-refractivity contribution in [3.8, 4) is 0 Å². The van der Waals surface area contributed by atoms with Crippen LogP contribution in [0.15, 0.2) is 24.3 Å². The maximum Gasteiger partial charge on any atom is 0.237 e. The number of carbonyl (C=O) groups is 1. The molecule has 1 N–H and O–H groups in total. The molecule has 4 nitrogen and oxygen atoms in total. The largest absolute Gasteiger partial charge is 0.338 e. The van der Waals surface area contributed by atoms with Gasteiger partial charge in [0, 0.05) is 32.7 Å². The molecule has 0 saturated carbocycles. The predicted molar refractivity (Wildman–Crippen MR) is 88.7 cm³/mol. The van der Waals surface area contributed by atoms with Gasteiger partial charge in [0.15, 0.2) is 0 Å². The van der Waals surface area contributed by atoms with E-state index in [9.17, 15) is 9.18 Å². The molecule has 0 aromatic heterocycles. The van der Waals surface area contributed by atoms with Crippen LogP contribution in [-0.2, 0) is 4.79 Å². The predicted octanol–water partition coefficient (Wildman–Crippen LogP) is 2.06. The number of likely N-dealkylation sites (N-methyl/N-ethyl adjacent to an activating group) is 1. The minimum atomic E-state index is -0.255. The first-order valence-electron chi connectivity index (χ1n) is 7.45. The van der Waals surface area contributed by atoms with E-state index in [1.165, 1.54) is 12.1 Å². The summed E-state index contributed by atoms with van der Waals surface area (Å²) in [5.41, 5.74) is 0.945. The van der Waals surface area contributed by atoms with Crippen molar-refractivity contribution in [3.05, 3.63) is 35.6 Å². The Hall–Kier alpha value is -1.17. The lowest BCUT2D eigenvalue weighted by Crippen LogP contribution is -2.53. The first-order chi connectivity index (χ1) is 9.99. The first-order valence-corrected chi connectivity index (χ1v) is 7.45. The normalized spacial score (nSPS) is 20.1. The maximum atomic E-state index is 13.0. The summed E-state index contributed by atoms with van der Waals surface area (Å²) in [7, 11) is 1.81. The van der Waals surface area contributed by atoms with Gasteiger partial charge >= 0.3 is 0 Å². The molecular formula is C16H25ClFN3O. The quantitative estimate of drug-likeness (QED) is 0.918. The second kappa shape index (κ2) is 8.46. The number of rotatable bonds is 4. The summed E-state index contributed by atoms with van der Waals surface area (Å²) in [6, 6.07) is 6.65. The third-order valence-electron chi connectivity index (χ3n) is 4.30. The van der Waals surface area contributed by atoms with Crippen molar-refractivity contribution in [2.75, 3.05) is 33.2 Å². The molecule has 1 fully saturated rings. The molecule has 2 atom stereocenters. The highest BCUT2D eigenvalue weighted by Crippen LogP contribution is 2.19. The Morgan fingerprint density at radius 2 is 2.09 bits per heavy atom. The fourth-order valence-corrected chi connectivity index (χ4v) is 2.58. The number of hydrogen-bond donors (Lipinski definition) is 1. The van der Waals surface area contributed by atoms with Crippen LogP contribution in [0, 0.1) is 5.82 Å². The number of nitrogens with zero attached hydrogens (tertiary/aromatic N) is 2. The molecule has 1 unspecified atom stereocenters. The van der Waals surface area contributed by atoms with Gasteiger partial charge in [0.1, 0.15) is 5.82 Å². The van der Waals surface area contributed by atoms with Crippen LogP contribution in [0.2, 0.25) is 0 Å². The summed E-state index contributed by atoms with van der Waals surface area (Å²) >= 11 is 0. The van der Waals surface area contributed by atoms with E-state index in [1.54, 1.807) is 17.0 Å². The molecule has 1 heterocycles. The van der Waals surface area contributed by atoms with E-state index in [0.29, 0.717) is 12.6 Å². The van der Waals surface area contributed by atoms with Crippen LogP contribution in [0.3, 0.4) is 0 Å². The molecule has 0 radical (unpaired) electrons. The zero-order valence-electron chi connectivity index (χ0n) is 13.4. The molecule has 1 aliphatic heterocycles. The Morgan fingerprint density at radius 1 is 1.45 bits per heavy atom. The lowest BCUT2D eigenvalue weighted by Gasteiger charge is -2.35. The Labute approximate surface area is 138 Å². The van der Waals surface area contributed by atoms with Gasteiger partial charge in [-0.25, -0.2) is 4.39 Å². The van der Waals surface area contributed by atoms with Crippen LogP contribution in [0.4, 0.5) is 4.39 Å². The third-order valence-corrected chi connectivity index (χ3v) is 4.30. The van der Waals surface area contributed by atoms with Crippen molar-refractivity contribution in [2.45, 2.75) is 25.9 Å². The highest BCUT2D eigenvalue weighted by molar-refractivity contribution is 5.85. The topological polar surface area (TPSA) is 35.6 Å². The number of benzene rings is 1. The third kappa shape index (κ3) is 4.66. The molecule has 6 heteroatoms. The number of nitrogens with one attached hydrogen (secondary N) is 1. The minimum absolute atomic E-state index is 0. The summed E-state index contributed by atoms with van der Waals surface area (Å²) in [6.45, 7) is 7.27. The zero-order valence-corrected chi connectivity index (χ0v) is 14.2. The summed E-state index contributed by atoms with van der Waals surface area (Å²) < 4.78 is 13.0. The molecule has 0 spiro atoms. The summed E-state index contributed by atoms with van der Waals surface area (Å²) in [5.74, 6) is -0.157. The minimum Gasteiger partial charge on any atom is -0.338 e. The van der Waals surface area contributed by atoms with E-state index in [4.69, 9.17) is 0 Å². The van der Waals surface area contributed by atoms with Crippen LogP contribution >= 0.6 is 12.4 Å². The Bertz CT molecular complexity index is 483. The molecular weight excluding hydrogens is 305 g/mol. The average Bonchev–Trinajstić information content (AvgIpc) is 2.49. The highest BCUT2D eigenvalue weighted by atomic mass is 35.5. The van der Waals surface area contributed by atoms with Crippen LogP contribution in [0.5, 0.6) is 0 Å². The van der Waals surface area contributed by atoms with Gasteiger partial charge in [-0.2, -0.15) is 0 Å². The van der Waals surface area contributed by atoms with Gasteiger partial charge in [0.25, 0.3) is 0 Å². The van der Waals surface area contributed by atoms with Crippen molar-refractivity contribution < 1.29 is 9.18 Å². The van der Waals surface area contributed by atoms with Crippen molar-refractivity contribution in [1.29, 1.82) is 0 Å². The monoisotopic (exact) mass is 329 g/mol. The van der Waals surface area contributed by atoms with Crippen LogP contribution < -0.4 is 5.32 Å². The number of halogens is 2. The second-order valence-electron chi connectivity index (χ2n) is 5.76. The molecule has 22 heavy (non-hydrogen) atoms. The zero-order chi connectivity index (χ0) is 15.4. The fraction of sp³-hybridized carbons (Fsp3) is 0.562. The Kier molecular flexibility index (Phi) is 7.26. The van der Waals surface area contributed by atoms with E-state index < -0.39 is 0 Å². The van der Waals surface area contributed by atoms with E-state index in [0.717, 1.165) is 25.2 Å². The maximum absolute atomic E-state index is 13.0. The van der Waals surface area contributed by atoms with Gasteiger partial charge in [-0.1, -0.05) is 12.1 Å². The molecule has 1 amide bonds. The highest BCUT2D eigenvalue weighted by Gasteiger charge is 2.24. The van der Waals surface area contributed by atoms with E-state index in [1.807, 2.05) is 14.0 Å². The summed E-state index contributed by atoms with van der Waals surface area (Å²) in [5, 5.41) is 3.32. The first kappa shape index (κ1) is 18.9. The van der Waals surface area contributed by atoms with Crippen molar-refractivity contribution in [3.63, 3.8) is 0 Å². The van der Waals surface area contributed by atoms with Crippen LogP contribution in [0.1, 0.15) is 25.5 Å². The van der Waals surface area contributed by atoms with Crippen molar-refractivity contribution in [1.82, 2.24) is 15.1 Å². The smallest absolute Gasteiger partial charge is 0.237 e. The molecule has 0 aliphatic carbocycles. The van der Waals surface area contributed by atoms with Gasteiger partial charge in [-0.05, 0) is 31.5 Å². The molecule has 1 aliphatic rings. The number of carbonyl (C=O) groups excluding carboxylic acids is 1. The van der Waals surface area contributed by atoms with Crippen LogP contribution in [-0.4, -0.2) is 55.0 Å². The molecule has 0 bridgehead atoms. The van der Waals surface area contributed by atoms with Gasteiger partial charge in [0.05, 0.1) is 12.6 Å². The van der Waals surface area contributed by atoms with E-state index in [-0.39, 0.29) is 30.2 Å². The number of piperazine rings is 1. The lowest BCUT2D eigenvalue weighted by atomic mass is 10.1. The Morgan fingerprint density at radius 3 is 2.68 bits per heavy atom. The lowest BCUT2D eigenvalue weighted by molar-refractivity contribution is -0.133. The molecule has 124 valence electrons. The van der Waals surface area contributed by atoms with Gasteiger partial charge < -0.3 is 10.2 Å². The van der Waals surface area contributed by atoms with Gasteiger partial charge in [0.2, 0.25) is 5.91 Å². The molecule has 1 aromatic rings.